The SMILES string of the molecule is CCOc1cc(/C=N\NC(=O)c2cncc(Br)c2)c(Br)c(Br)c1O. The monoisotopic (exact) mass is 519 g/mol. The van der Waals surface area contributed by atoms with E-state index in [4.69, 9.17) is 4.74 Å². The Hall–Kier alpha value is -1.45. The number of hydrazone groups is 1. The number of nitrogens with one attached hydrogen (secondary N) is 1. The highest BCUT2D eigenvalue weighted by molar-refractivity contribution is 9.13. The van der Waals surface area contributed by atoms with E-state index in [2.05, 4.69) is 63.3 Å². The van der Waals surface area contributed by atoms with E-state index in [1.165, 1.54) is 12.4 Å². The maximum Gasteiger partial charge on any atom is 0.272 e. The van der Waals surface area contributed by atoms with Gasteiger partial charge in [0.25, 0.3) is 5.91 Å². The van der Waals surface area contributed by atoms with Gasteiger partial charge in [-0.25, -0.2) is 5.43 Å². The van der Waals surface area contributed by atoms with Crippen LogP contribution in [-0.4, -0.2) is 28.8 Å². The summed E-state index contributed by atoms with van der Waals surface area (Å²) in [7, 11) is 0. The molecule has 0 aliphatic carbocycles. The van der Waals surface area contributed by atoms with Gasteiger partial charge in [-0.3, -0.25) is 9.78 Å². The second-order valence-corrected chi connectivity index (χ2v) is 6.97. The lowest BCUT2D eigenvalue weighted by Gasteiger charge is -2.10. The summed E-state index contributed by atoms with van der Waals surface area (Å²) >= 11 is 9.88. The average molecular weight is 522 g/mol. The van der Waals surface area contributed by atoms with E-state index < -0.39 is 0 Å². The largest absolute Gasteiger partial charge is 0.503 e. The predicted molar refractivity (Wildman–Crippen MR) is 102 cm³/mol. The number of hydrogen-bond donors (Lipinski definition) is 2. The molecule has 0 saturated heterocycles. The first kappa shape index (κ1) is 18.9. The summed E-state index contributed by atoms with van der Waals surface area (Å²) in [5.74, 6) is -0.0827. The molecule has 0 saturated carbocycles. The number of hydrogen-bond acceptors (Lipinski definition) is 5. The molecule has 0 bridgehead atoms. The quantitative estimate of drug-likeness (QED) is 0.455. The van der Waals surface area contributed by atoms with Crippen LogP contribution in [0, 0.1) is 0 Å². The average Bonchev–Trinajstić information content (AvgIpc) is 2.56. The highest BCUT2D eigenvalue weighted by atomic mass is 79.9. The molecular weight excluding hydrogens is 510 g/mol. The summed E-state index contributed by atoms with van der Waals surface area (Å²) in [6.45, 7) is 2.22. The van der Waals surface area contributed by atoms with Gasteiger partial charge in [0.15, 0.2) is 11.5 Å². The first-order valence-electron chi connectivity index (χ1n) is 6.71. The van der Waals surface area contributed by atoms with Crippen LogP contribution < -0.4 is 10.2 Å². The standard InChI is InChI=1S/C15H12Br3N3O3/c1-2-24-11-4-8(12(17)13(18)14(11)22)6-20-21-15(23)9-3-10(16)7-19-5-9/h3-7,22H,2H2,1H3,(H,21,23)/b20-6-. The van der Waals surface area contributed by atoms with E-state index in [1.54, 1.807) is 18.3 Å². The van der Waals surface area contributed by atoms with Crippen LogP contribution in [0.5, 0.6) is 11.5 Å². The Morgan fingerprint density at radius 3 is 2.75 bits per heavy atom. The minimum Gasteiger partial charge on any atom is -0.503 e. The van der Waals surface area contributed by atoms with Crippen molar-refractivity contribution in [2.45, 2.75) is 6.92 Å². The number of aromatic hydroxyl groups is 1. The number of amides is 1. The highest BCUT2D eigenvalue weighted by Gasteiger charge is 2.14. The number of rotatable bonds is 5. The molecule has 1 aromatic heterocycles. The van der Waals surface area contributed by atoms with Gasteiger partial charge in [0.2, 0.25) is 0 Å². The number of aromatic nitrogens is 1. The first-order valence-corrected chi connectivity index (χ1v) is 9.09. The number of nitrogens with zero attached hydrogens (tertiary/aromatic N) is 2. The summed E-state index contributed by atoms with van der Waals surface area (Å²) in [4.78, 5) is 15.9. The number of carbonyl (C=O) groups excluding carboxylic acids is 1. The molecule has 0 fully saturated rings. The normalized spacial score (nSPS) is 10.8. The van der Waals surface area contributed by atoms with Gasteiger partial charge in [0.05, 0.1) is 22.9 Å². The van der Waals surface area contributed by atoms with Gasteiger partial charge in [0, 0.05) is 26.9 Å². The molecule has 9 heteroatoms. The summed E-state index contributed by atoms with van der Waals surface area (Å²) in [6.07, 6.45) is 4.47. The highest BCUT2D eigenvalue weighted by Crippen LogP contribution is 2.41. The van der Waals surface area contributed by atoms with Crippen LogP contribution in [-0.2, 0) is 0 Å². The first-order chi connectivity index (χ1) is 11.4. The van der Waals surface area contributed by atoms with Crippen LogP contribution in [0.3, 0.4) is 0 Å². The van der Waals surface area contributed by atoms with Crippen molar-refractivity contribution >= 4 is 59.9 Å². The number of benzene rings is 1. The molecule has 1 heterocycles. The Balaban J connectivity index is 2.18. The zero-order valence-corrected chi connectivity index (χ0v) is 17.1. The Labute approximate surface area is 163 Å². The van der Waals surface area contributed by atoms with E-state index in [-0.39, 0.29) is 11.7 Å². The number of phenols is 1. The fourth-order valence-corrected chi connectivity index (χ4v) is 2.93. The van der Waals surface area contributed by atoms with Crippen molar-refractivity contribution in [1.82, 2.24) is 10.4 Å². The second-order valence-electron chi connectivity index (χ2n) is 4.46. The van der Waals surface area contributed by atoms with Crippen molar-refractivity contribution in [2.75, 3.05) is 6.61 Å². The maximum atomic E-state index is 12.0. The van der Waals surface area contributed by atoms with E-state index >= 15 is 0 Å². The fraction of sp³-hybridized carbons (Fsp3) is 0.133. The lowest BCUT2D eigenvalue weighted by atomic mass is 10.2. The molecule has 0 unspecified atom stereocenters. The van der Waals surface area contributed by atoms with Crippen molar-refractivity contribution in [3.63, 3.8) is 0 Å². The van der Waals surface area contributed by atoms with Crippen LogP contribution in [0.2, 0.25) is 0 Å². The van der Waals surface area contributed by atoms with Crippen molar-refractivity contribution < 1.29 is 14.6 Å². The van der Waals surface area contributed by atoms with Crippen molar-refractivity contribution in [3.8, 4) is 11.5 Å². The number of carbonyl (C=O) groups is 1. The lowest BCUT2D eigenvalue weighted by molar-refractivity contribution is 0.0954. The molecule has 0 radical (unpaired) electrons. The van der Waals surface area contributed by atoms with Gasteiger partial charge in [-0.05, 0) is 66.8 Å². The summed E-state index contributed by atoms with van der Waals surface area (Å²) in [5, 5.41) is 13.9. The van der Waals surface area contributed by atoms with E-state index in [9.17, 15) is 9.90 Å². The smallest absolute Gasteiger partial charge is 0.272 e. The summed E-state index contributed by atoms with van der Waals surface area (Å²) in [5.41, 5.74) is 3.42. The van der Waals surface area contributed by atoms with Crippen LogP contribution in [0.4, 0.5) is 0 Å². The molecule has 0 spiro atoms. The van der Waals surface area contributed by atoms with Gasteiger partial charge in [-0.1, -0.05) is 0 Å². The van der Waals surface area contributed by atoms with Crippen LogP contribution in [0.25, 0.3) is 0 Å². The van der Waals surface area contributed by atoms with E-state index in [1.807, 2.05) is 6.92 Å². The Morgan fingerprint density at radius 2 is 2.08 bits per heavy atom. The van der Waals surface area contributed by atoms with E-state index in [0.717, 1.165) is 0 Å². The molecule has 1 amide bonds. The number of phenolic OH excluding ortho intramolecular Hbond substituents is 1. The van der Waals surface area contributed by atoms with Gasteiger partial charge >= 0.3 is 0 Å². The second kappa shape index (κ2) is 8.59. The summed E-state index contributed by atoms with van der Waals surface area (Å²) in [6, 6.07) is 3.25. The molecule has 1 aromatic carbocycles. The minimum atomic E-state index is -0.390. The van der Waals surface area contributed by atoms with Crippen LogP contribution in [0.15, 0.2) is 43.0 Å². The van der Waals surface area contributed by atoms with Crippen molar-refractivity contribution in [1.29, 1.82) is 0 Å². The van der Waals surface area contributed by atoms with E-state index in [0.29, 0.717) is 36.9 Å². The predicted octanol–water partition coefficient (Wildman–Crippen LogP) is 4.24. The van der Waals surface area contributed by atoms with Crippen LogP contribution >= 0.6 is 47.8 Å². The third kappa shape index (κ3) is 4.55. The minimum absolute atomic E-state index is 0.00915. The number of pyridine rings is 1. The summed E-state index contributed by atoms with van der Waals surface area (Å²) < 4.78 is 7.09. The Kier molecular flexibility index (Phi) is 6.76. The van der Waals surface area contributed by atoms with Crippen molar-refractivity contribution in [2.24, 2.45) is 5.10 Å². The van der Waals surface area contributed by atoms with Gasteiger partial charge in [-0.15, -0.1) is 0 Å². The maximum absolute atomic E-state index is 12.0. The molecule has 6 nitrogen and oxygen atoms in total. The molecule has 2 aromatic rings. The van der Waals surface area contributed by atoms with Gasteiger partial charge in [-0.2, -0.15) is 5.10 Å². The molecule has 0 aliphatic rings. The number of halogens is 3. The van der Waals surface area contributed by atoms with Crippen LogP contribution in [0.1, 0.15) is 22.8 Å². The molecule has 0 atom stereocenters. The molecule has 0 aliphatic heterocycles. The Morgan fingerprint density at radius 1 is 1.33 bits per heavy atom. The molecular formula is C15H12Br3N3O3. The van der Waals surface area contributed by atoms with Gasteiger partial charge in [0.1, 0.15) is 0 Å². The van der Waals surface area contributed by atoms with Gasteiger partial charge < -0.3 is 9.84 Å². The molecule has 126 valence electrons. The lowest BCUT2D eigenvalue weighted by Crippen LogP contribution is -2.17. The molecule has 2 N–H and O–H groups in total. The zero-order valence-electron chi connectivity index (χ0n) is 12.4. The zero-order chi connectivity index (χ0) is 17.7. The number of ether oxygens (including phenoxy) is 1. The van der Waals surface area contributed by atoms with Crippen molar-refractivity contribution in [3.05, 3.63) is 49.1 Å². The Bertz CT molecular complexity index is 797. The molecule has 24 heavy (non-hydrogen) atoms. The third-order valence-corrected chi connectivity index (χ3v) is 5.40. The fourth-order valence-electron chi connectivity index (χ4n) is 1.73. The topological polar surface area (TPSA) is 83.8 Å². The molecule has 2 rings (SSSR count). The third-order valence-electron chi connectivity index (χ3n) is 2.81.